The number of hydrazine groups is 1. The first-order valence-electron chi connectivity index (χ1n) is 6.66. The van der Waals surface area contributed by atoms with Gasteiger partial charge in [-0.15, -0.1) is 0 Å². The molecule has 0 bridgehead atoms. The molecule has 1 aromatic carbocycles. The van der Waals surface area contributed by atoms with Crippen LogP contribution in [0.15, 0.2) is 41.1 Å². The van der Waals surface area contributed by atoms with E-state index in [1.807, 2.05) is 34.5 Å². The van der Waals surface area contributed by atoms with Crippen LogP contribution in [0.1, 0.15) is 28.8 Å². The molecule has 1 aliphatic carbocycles. The highest BCUT2D eigenvalue weighted by atomic mass is 32.1. The van der Waals surface area contributed by atoms with Crippen molar-refractivity contribution >= 4 is 22.9 Å². The Morgan fingerprint density at radius 1 is 1.30 bits per heavy atom. The number of hydrogen-bond acceptors (Lipinski definition) is 4. The third-order valence-corrected chi connectivity index (χ3v) is 4.21. The molecule has 104 valence electrons. The summed E-state index contributed by atoms with van der Waals surface area (Å²) in [7, 11) is 0. The van der Waals surface area contributed by atoms with Crippen LogP contribution in [-0.4, -0.2) is 16.8 Å². The fourth-order valence-electron chi connectivity index (χ4n) is 2.21. The van der Waals surface area contributed by atoms with Crippen LogP contribution in [-0.2, 0) is 6.54 Å². The largest absolute Gasteiger partial charge is 0.331 e. The number of carbonyl (C=O) groups excluding carboxylic acids is 1. The second kappa shape index (κ2) is 5.64. The van der Waals surface area contributed by atoms with Gasteiger partial charge in [-0.3, -0.25) is 10.6 Å². The smallest absolute Gasteiger partial charge is 0.254 e. The lowest BCUT2D eigenvalue weighted by molar-refractivity contribution is 0.0730. The molecule has 5 heteroatoms. The topological polar surface area (TPSA) is 58.4 Å². The fraction of sp³-hybridized carbons (Fsp3) is 0.267. The van der Waals surface area contributed by atoms with Gasteiger partial charge in [-0.25, -0.2) is 0 Å². The first-order valence-corrected chi connectivity index (χ1v) is 7.61. The third kappa shape index (κ3) is 2.84. The quantitative estimate of drug-likeness (QED) is 0.656. The summed E-state index contributed by atoms with van der Waals surface area (Å²) in [5.74, 6) is 5.44. The molecule has 2 aromatic rings. The van der Waals surface area contributed by atoms with Crippen LogP contribution in [0.25, 0.3) is 0 Å². The molecular formula is C15H17N3OS. The van der Waals surface area contributed by atoms with Crippen LogP contribution in [0.5, 0.6) is 0 Å². The molecule has 3 N–H and O–H groups in total. The fourth-order valence-corrected chi connectivity index (χ4v) is 2.87. The van der Waals surface area contributed by atoms with E-state index in [-0.39, 0.29) is 5.91 Å². The highest BCUT2D eigenvalue weighted by Gasteiger charge is 2.33. The number of nitrogens with zero attached hydrogens (tertiary/aromatic N) is 1. The number of nitrogens with one attached hydrogen (secondary N) is 1. The summed E-state index contributed by atoms with van der Waals surface area (Å²) in [6.45, 7) is 0.698. The number of nitrogens with two attached hydrogens (primary N) is 1. The summed E-state index contributed by atoms with van der Waals surface area (Å²) in [6, 6.07) is 9.76. The number of anilines is 1. The average molecular weight is 287 g/mol. The molecule has 4 nitrogen and oxygen atoms in total. The molecule has 0 atom stereocenters. The number of hydrogen-bond donors (Lipinski definition) is 2. The molecule has 1 heterocycles. The zero-order chi connectivity index (χ0) is 13.9. The minimum absolute atomic E-state index is 0.0993. The van der Waals surface area contributed by atoms with Crippen molar-refractivity contribution < 1.29 is 4.79 Å². The maximum atomic E-state index is 12.6. The first kappa shape index (κ1) is 13.1. The minimum atomic E-state index is 0.0993. The average Bonchev–Trinajstić information content (AvgIpc) is 3.21. The van der Waals surface area contributed by atoms with Crippen molar-refractivity contribution in [1.82, 2.24) is 4.90 Å². The van der Waals surface area contributed by atoms with E-state index in [1.54, 1.807) is 11.3 Å². The van der Waals surface area contributed by atoms with Crippen LogP contribution < -0.4 is 11.3 Å². The molecule has 0 aliphatic heterocycles. The molecule has 1 fully saturated rings. The van der Waals surface area contributed by atoms with Gasteiger partial charge in [0, 0.05) is 23.8 Å². The Bertz CT molecular complexity index is 576. The molecule has 0 saturated heterocycles. The summed E-state index contributed by atoms with van der Waals surface area (Å²) < 4.78 is 0. The number of amides is 1. The number of rotatable bonds is 5. The maximum Gasteiger partial charge on any atom is 0.254 e. The highest BCUT2D eigenvalue weighted by molar-refractivity contribution is 7.07. The van der Waals surface area contributed by atoms with Gasteiger partial charge in [0.05, 0.1) is 0 Å². The lowest BCUT2D eigenvalue weighted by Gasteiger charge is -2.22. The standard InChI is InChI=1S/C15H17N3OS/c16-17-13-3-1-12(2-4-13)15(19)18(14-5-6-14)9-11-7-8-20-10-11/h1-4,7-8,10,14,17H,5-6,9,16H2. The molecule has 0 unspecified atom stereocenters. The van der Waals surface area contributed by atoms with Crippen molar-refractivity contribution in [3.8, 4) is 0 Å². The molecule has 0 spiro atoms. The van der Waals surface area contributed by atoms with Crippen molar-refractivity contribution in [2.24, 2.45) is 5.84 Å². The van der Waals surface area contributed by atoms with Crippen molar-refractivity contribution in [3.05, 3.63) is 52.2 Å². The summed E-state index contributed by atoms with van der Waals surface area (Å²) in [4.78, 5) is 14.6. The summed E-state index contributed by atoms with van der Waals surface area (Å²) in [5, 5.41) is 4.15. The Morgan fingerprint density at radius 2 is 2.05 bits per heavy atom. The van der Waals surface area contributed by atoms with E-state index in [4.69, 9.17) is 5.84 Å². The van der Waals surface area contributed by atoms with Crippen LogP contribution >= 0.6 is 11.3 Å². The second-order valence-corrected chi connectivity index (χ2v) is 5.80. The van der Waals surface area contributed by atoms with Gasteiger partial charge in [0.25, 0.3) is 5.91 Å². The maximum absolute atomic E-state index is 12.6. The number of carbonyl (C=O) groups is 1. The zero-order valence-corrected chi connectivity index (χ0v) is 11.9. The van der Waals surface area contributed by atoms with Gasteiger partial charge < -0.3 is 10.3 Å². The summed E-state index contributed by atoms with van der Waals surface area (Å²) in [6.07, 6.45) is 2.22. The van der Waals surface area contributed by atoms with Crippen molar-refractivity contribution in [2.75, 3.05) is 5.43 Å². The lowest BCUT2D eigenvalue weighted by Crippen LogP contribution is -2.32. The first-order chi connectivity index (χ1) is 9.78. The molecule has 1 aromatic heterocycles. The molecular weight excluding hydrogens is 270 g/mol. The molecule has 3 rings (SSSR count). The molecule has 1 saturated carbocycles. The minimum Gasteiger partial charge on any atom is -0.331 e. The van der Waals surface area contributed by atoms with Crippen LogP contribution in [0.3, 0.4) is 0 Å². The van der Waals surface area contributed by atoms with Crippen molar-refractivity contribution in [2.45, 2.75) is 25.4 Å². The van der Waals surface area contributed by atoms with Crippen LogP contribution in [0, 0.1) is 0 Å². The molecule has 0 radical (unpaired) electrons. The van der Waals surface area contributed by atoms with E-state index in [9.17, 15) is 4.79 Å². The van der Waals surface area contributed by atoms with Gasteiger partial charge in [-0.2, -0.15) is 11.3 Å². The van der Waals surface area contributed by atoms with Gasteiger partial charge in [0.1, 0.15) is 0 Å². The number of benzene rings is 1. The van der Waals surface area contributed by atoms with Gasteiger partial charge in [-0.05, 0) is 59.5 Å². The van der Waals surface area contributed by atoms with E-state index in [2.05, 4.69) is 16.9 Å². The van der Waals surface area contributed by atoms with E-state index < -0.39 is 0 Å². The molecule has 1 aliphatic rings. The van der Waals surface area contributed by atoms with Crippen LogP contribution in [0.4, 0.5) is 5.69 Å². The normalized spacial score (nSPS) is 14.1. The Balaban J connectivity index is 1.77. The Kier molecular flexibility index (Phi) is 3.71. The Labute approximate surface area is 122 Å². The van der Waals surface area contributed by atoms with E-state index >= 15 is 0 Å². The lowest BCUT2D eigenvalue weighted by atomic mass is 10.1. The second-order valence-electron chi connectivity index (χ2n) is 5.02. The molecule has 1 amide bonds. The Morgan fingerprint density at radius 3 is 2.60 bits per heavy atom. The Hall–Kier alpha value is -1.85. The zero-order valence-electron chi connectivity index (χ0n) is 11.1. The number of nitrogen functional groups attached to an aromatic ring is 1. The van der Waals surface area contributed by atoms with Gasteiger partial charge in [-0.1, -0.05) is 0 Å². The van der Waals surface area contributed by atoms with E-state index in [0.717, 1.165) is 18.5 Å². The summed E-state index contributed by atoms with van der Waals surface area (Å²) in [5.41, 5.74) is 5.29. The monoisotopic (exact) mass is 287 g/mol. The summed E-state index contributed by atoms with van der Waals surface area (Å²) >= 11 is 1.67. The van der Waals surface area contributed by atoms with Crippen molar-refractivity contribution in [1.29, 1.82) is 0 Å². The predicted molar refractivity (Wildman–Crippen MR) is 81.5 cm³/mol. The van der Waals surface area contributed by atoms with Crippen molar-refractivity contribution in [3.63, 3.8) is 0 Å². The molecule has 20 heavy (non-hydrogen) atoms. The van der Waals surface area contributed by atoms with Gasteiger partial charge >= 0.3 is 0 Å². The predicted octanol–water partition coefficient (Wildman–Crippen LogP) is 2.84. The van der Waals surface area contributed by atoms with E-state index in [1.165, 1.54) is 5.56 Å². The van der Waals surface area contributed by atoms with E-state index in [0.29, 0.717) is 18.2 Å². The highest BCUT2D eigenvalue weighted by Crippen LogP contribution is 2.30. The third-order valence-electron chi connectivity index (χ3n) is 3.48. The SMILES string of the molecule is NNc1ccc(C(=O)N(Cc2ccsc2)C2CC2)cc1. The number of thiophene rings is 1. The van der Waals surface area contributed by atoms with Crippen LogP contribution in [0.2, 0.25) is 0 Å². The van der Waals surface area contributed by atoms with Gasteiger partial charge in [0.2, 0.25) is 0 Å². The van der Waals surface area contributed by atoms with Gasteiger partial charge in [0.15, 0.2) is 0 Å².